The van der Waals surface area contributed by atoms with E-state index in [1.165, 1.54) is 11.1 Å². The molecule has 0 spiro atoms. The van der Waals surface area contributed by atoms with Crippen LogP contribution in [-0.2, 0) is 31.1 Å². The van der Waals surface area contributed by atoms with Gasteiger partial charge >= 0.3 is 0 Å². The van der Waals surface area contributed by atoms with Crippen molar-refractivity contribution in [3.05, 3.63) is 94.8 Å². The molecule has 0 saturated carbocycles. The molecule has 3 aromatic carbocycles. The number of anilines is 1. The van der Waals surface area contributed by atoms with Crippen molar-refractivity contribution in [2.75, 3.05) is 5.32 Å². The quantitative estimate of drug-likeness (QED) is 0.455. The van der Waals surface area contributed by atoms with Crippen molar-refractivity contribution in [1.29, 1.82) is 0 Å². The molecular formula is C28H28N4O2. The van der Waals surface area contributed by atoms with E-state index in [4.69, 9.17) is 4.98 Å². The number of benzene rings is 3. The van der Waals surface area contributed by atoms with Crippen LogP contribution in [0.5, 0.6) is 0 Å². The number of hydrogen-bond donors (Lipinski definition) is 2. The second-order valence-corrected chi connectivity index (χ2v) is 8.89. The summed E-state index contributed by atoms with van der Waals surface area (Å²) in [5.41, 5.74) is 6.30. The molecule has 0 bridgehead atoms. The normalized spacial score (nSPS) is 13.1. The summed E-state index contributed by atoms with van der Waals surface area (Å²) in [6.45, 7) is 1.80. The Morgan fingerprint density at radius 1 is 1.00 bits per heavy atom. The number of carbonyl (C=O) groups excluding carboxylic acids is 2. The fourth-order valence-electron chi connectivity index (χ4n) is 4.76. The van der Waals surface area contributed by atoms with Gasteiger partial charge in [0.05, 0.1) is 16.6 Å². The molecule has 5 rings (SSSR count). The van der Waals surface area contributed by atoms with E-state index in [1.54, 1.807) is 13.0 Å². The molecule has 6 heteroatoms. The molecule has 0 atom stereocenters. The van der Waals surface area contributed by atoms with E-state index in [0.29, 0.717) is 29.6 Å². The number of amides is 2. The molecule has 34 heavy (non-hydrogen) atoms. The molecule has 6 nitrogen and oxygen atoms in total. The number of carbonyl (C=O) groups is 2. The summed E-state index contributed by atoms with van der Waals surface area (Å²) >= 11 is 0. The van der Waals surface area contributed by atoms with Gasteiger partial charge < -0.3 is 15.2 Å². The maximum absolute atomic E-state index is 13.5. The lowest BCUT2D eigenvalue weighted by Gasteiger charge is -2.15. The summed E-state index contributed by atoms with van der Waals surface area (Å²) in [5.74, 6) is 0.615. The first-order valence-corrected chi connectivity index (χ1v) is 11.7. The van der Waals surface area contributed by atoms with Crippen molar-refractivity contribution < 1.29 is 9.59 Å². The summed E-state index contributed by atoms with van der Waals surface area (Å²) in [4.78, 5) is 30.4. The Labute approximate surface area is 199 Å². The van der Waals surface area contributed by atoms with E-state index in [9.17, 15) is 9.59 Å². The van der Waals surface area contributed by atoms with E-state index in [1.807, 2.05) is 48.0 Å². The number of imidazole rings is 1. The Morgan fingerprint density at radius 2 is 1.68 bits per heavy atom. The molecule has 4 aromatic rings. The van der Waals surface area contributed by atoms with Gasteiger partial charge in [-0.2, -0.15) is 0 Å². The Morgan fingerprint density at radius 3 is 2.35 bits per heavy atom. The monoisotopic (exact) mass is 452 g/mol. The predicted molar refractivity (Wildman–Crippen MR) is 134 cm³/mol. The Balaban J connectivity index is 1.50. The lowest BCUT2D eigenvalue weighted by molar-refractivity contribution is -0.115. The molecule has 0 aliphatic heterocycles. The highest BCUT2D eigenvalue weighted by molar-refractivity contribution is 6.07. The molecule has 0 unspecified atom stereocenters. The minimum Gasteiger partial charge on any atom is -0.349 e. The third-order valence-corrected chi connectivity index (χ3v) is 6.50. The first-order valence-electron chi connectivity index (χ1n) is 11.7. The van der Waals surface area contributed by atoms with Crippen LogP contribution in [-0.4, -0.2) is 27.4 Å². The summed E-state index contributed by atoms with van der Waals surface area (Å²) in [6, 6.07) is 22.1. The van der Waals surface area contributed by atoms with Crippen molar-refractivity contribution >= 4 is 28.5 Å². The van der Waals surface area contributed by atoms with E-state index in [0.717, 1.165) is 29.7 Å². The van der Waals surface area contributed by atoms with Crippen molar-refractivity contribution in [3.8, 4) is 0 Å². The van der Waals surface area contributed by atoms with Gasteiger partial charge in [-0.1, -0.05) is 61.5 Å². The Bertz CT molecular complexity index is 1350. The lowest BCUT2D eigenvalue weighted by atomic mass is 10.1. The number of rotatable bonds is 6. The van der Waals surface area contributed by atoms with Crippen LogP contribution in [0.15, 0.2) is 66.7 Å². The van der Waals surface area contributed by atoms with Crippen LogP contribution >= 0.6 is 0 Å². The van der Waals surface area contributed by atoms with Gasteiger partial charge in [-0.05, 0) is 41.7 Å². The second-order valence-electron chi connectivity index (χ2n) is 8.89. The average Bonchev–Trinajstić information content (AvgIpc) is 3.39. The summed E-state index contributed by atoms with van der Waals surface area (Å²) in [5, 5.41) is 6.12. The van der Waals surface area contributed by atoms with E-state index in [-0.39, 0.29) is 17.9 Å². The topological polar surface area (TPSA) is 76.0 Å². The van der Waals surface area contributed by atoms with Gasteiger partial charge in [0, 0.05) is 31.6 Å². The van der Waals surface area contributed by atoms with Crippen LogP contribution < -0.4 is 10.6 Å². The van der Waals surface area contributed by atoms with E-state index < -0.39 is 0 Å². The first-order chi connectivity index (χ1) is 16.5. The van der Waals surface area contributed by atoms with Crippen molar-refractivity contribution in [2.45, 2.75) is 38.6 Å². The van der Waals surface area contributed by atoms with Crippen LogP contribution in [0.4, 0.5) is 5.69 Å². The molecule has 2 amide bonds. The Kier molecular flexibility index (Phi) is 5.88. The predicted octanol–water partition coefficient (Wildman–Crippen LogP) is 4.41. The summed E-state index contributed by atoms with van der Waals surface area (Å²) in [7, 11) is 1.94. The van der Waals surface area contributed by atoms with E-state index in [2.05, 4.69) is 34.9 Å². The highest BCUT2D eigenvalue weighted by Crippen LogP contribution is 2.27. The fourth-order valence-corrected chi connectivity index (χ4v) is 4.76. The second kappa shape index (κ2) is 9.14. The summed E-state index contributed by atoms with van der Waals surface area (Å²) in [6.07, 6.45) is 2.66. The number of hydrogen-bond acceptors (Lipinski definition) is 3. The molecular weight excluding hydrogens is 424 g/mol. The van der Waals surface area contributed by atoms with Gasteiger partial charge in [0.15, 0.2) is 0 Å². The van der Waals surface area contributed by atoms with Gasteiger partial charge in [-0.25, -0.2) is 4.98 Å². The molecule has 2 N–H and O–H groups in total. The zero-order valence-corrected chi connectivity index (χ0v) is 19.5. The van der Waals surface area contributed by atoms with Gasteiger partial charge in [0.2, 0.25) is 5.91 Å². The minimum atomic E-state index is -0.148. The summed E-state index contributed by atoms with van der Waals surface area (Å²) < 4.78 is 1.99. The van der Waals surface area contributed by atoms with Gasteiger partial charge in [-0.3, -0.25) is 9.59 Å². The number of fused-ring (bicyclic) bond motifs is 2. The highest BCUT2D eigenvalue weighted by Gasteiger charge is 2.25. The number of nitrogens with zero attached hydrogens (tertiary/aromatic N) is 2. The lowest BCUT2D eigenvalue weighted by Crippen LogP contribution is -2.35. The van der Waals surface area contributed by atoms with Crippen LogP contribution in [0.2, 0.25) is 0 Å². The van der Waals surface area contributed by atoms with Crippen LogP contribution in [0.1, 0.15) is 46.2 Å². The smallest absolute Gasteiger partial charge is 0.253 e. The van der Waals surface area contributed by atoms with Crippen molar-refractivity contribution in [2.24, 2.45) is 7.05 Å². The molecule has 1 aromatic heterocycles. The number of aryl methyl sites for hydroxylation is 1. The standard InChI is InChI=1S/C28H28N4O2/c1-3-26(33)29-22-16-23(28(34)30-21-14-19-11-7-8-12-20(19)15-21)27-24(17-22)31-25(32(27)2)13-18-9-5-4-6-10-18/h4-12,16-17,21H,3,13-15H2,1-2H3,(H,29,33)(H,30,34). The zero-order valence-electron chi connectivity index (χ0n) is 19.5. The zero-order chi connectivity index (χ0) is 23.7. The SMILES string of the molecule is CCC(=O)Nc1cc(C(=O)NC2Cc3ccccc3C2)c2c(c1)nc(Cc1ccccc1)n2C. The molecule has 0 fully saturated rings. The van der Waals surface area contributed by atoms with Gasteiger partial charge in [-0.15, -0.1) is 0 Å². The maximum Gasteiger partial charge on any atom is 0.253 e. The average molecular weight is 453 g/mol. The van der Waals surface area contributed by atoms with Crippen LogP contribution in [0.3, 0.4) is 0 Å². The van der Waals surface area contributed by atoms with Crippen LogP contribution in [0.25, 0.3) is 11.0 Å². The molecule has 0 saturated heterocycles. The number of aromatic nitrogens is 2. The molecule has 1 aliphatic rings. The molecule has 0 radical (unpaired) electrons. The Hall–Kier alpha value is -3.93. The van der Waals surface area contributed by atoms with E-state index >= 15 is 0 Å². The van der Waals surface area contributed by atoms with Crippen molar-refractivity contribution in [1.82, 2.24) is 14.9 Å². The van der Waals surface area contributed by atoms with Gasteiger partial charge in [0.1, 0.15) is 5.82 Å². The molecule has 172 valence electrons. The fraction of sp³-hybridized carbons (Fsp3) is 0.250. The third-order valence-electron chi connectivity index (χ3n) is 6.50. The largest absolute Gasteiger partial charge is 0.349 e. The van der Waals surface area contributed by atoms with Gasteiger partial charge in [0.25, 0.3) is 5.91 Å². The number of nitrogens with one attached hydrogen (secondary N) is 2. The molecule has 1 aliphatic carbocycles. The van der Waals surface area contributed by atoms with Crippen molar-refractivity contribution in [3.63, 3.8) is 0 Å². The highest BCUT2D eigenvalue weighted by atomic mass is 16.2. The minimum absolute atomic E-state index is 0.0471. The van der Waals surface area contributed by atoms with Crippen LogP contribution in [0, 0.1) is 0 Å². The third kappa shape index (κ3) is 4.31. The first kappa shape index (κ1) is 21.9. The maximum atomic E-state index is 13.5. The molecule has 1 heterocycles.